The van der Waals surface area contributed by atoms with Gasteiger partial charge in [-0.1, -0.05) is 36.4 Å². The molecule has 2 aromatic rings. The molecule has 0 bridgehead atoms. The van der Waals surface area contributed by atoms with Gasteiger partial charge in [0.15, 0.2) is 0 Å². The van der Waals surface area contributed by atoms with Gasteiger partial charge < -0.3 is 11.1 Å². The van der Waals surface area contributed by atoms with Crippen LogP contribution in [0.5, 0.6) is 0 Å². The predicted octanol–water partition coefficient (Wildman–Crippen LogP) is 3.01. The number of rotatable bonds is 4. The zero-order valence-corrected chi connectivity index (χ0v) is 12.2. The molecule has 4 nitrogen and oxygen atoms in total. The van der Waals surface area contributed by atoms with E-state index < -0.39 is 11.3 Å². The van der Waals surface area contributed by atoms with Crippen LogP contribution in [-0.4, -0.2) is 11.8 Å². The van der Waals surface area contributed by atoms with Crippen molar-refractivity contribution in [3.63, 3.8) is 0 Å². The zero-order chi connectivity index (χ0) is 15.4. The Morgan fingerprint density at radius 2 is 1.76 bits per heavy atom. The van der Waals surface area contributed by atoms with Gasteiger partial charge in [-0.2, -0.15) is 0 Å². The molecule has 108 valence electrons. The predicted molar refractivity (Wildman–Crippen MR) is 83.4 cm³/mol. The molecule has 1 atom stereocenters. The number of halogens is 1. The molecule has 5 heteroatoms. The molecule has 0 aliphatic carbocycles. The van der Waals surface area contributed by atoms with E-state index in [0.29, 0.717) is 22.4 Å². The first kappa shape index (κ1) is 15.1. The molecule has 2 amide bonds. The van der Waals surface area contributed by atoms with Crippen molar-refractivity contribution in [2.24, 2.45) is 5.73 Å². The third-order valence-corrected chi connectivity index (χ3v) is 3.63. The molecule has 1 unspecified atom stereocenters. The van der Waals surface area contributed by atoms with E-state index in [0.717, 1.165) is 0 Å². The van der Waals surface area contributed by atoms with Crippen molar-refractivity contribution in [1.29, 1.82) is 0 Å². The van der Waals surface area contributed by atoms with E-state index in [-0.39, 0.29) is 5.91 Å². The van der Waals surface area contributed by atoms with Crippen molar-refractivity contribution >= 4 is 29.1 Å². The summed E-state index contributed by atoms with van der Waals surface area (Å²) in [6.45, 7) is 1.72. The molecule has 0 heterocycles. The standard InChI is InChI=1S/C16H15ClN2O2/c1-10-12(15(18)20)8-5-9-13(10)19-16(21)14(17)11-6-3-2-4-7-11/h2-9,14H,1H3,(H2,18,20)(H,19,21). The van der Waals surface area contributed by atoms with Crippen molar-refractivity contribution in [2.45, 2.75) is 12.3 Å². The Morgan fingerprint density at radius 3 is 2.38 bits per heavy atom. The maximum atomic E-state index is 12.2. The average molecular weight is 303 g/mol. The summed E-state index contributed by atoms with van der Waals surface area (Å²) in [6.07, 6.45) is 0. The lowest BCUT2D eigenvalue weighted by molar-refractivity contribution is -0.116. The monoisotopic (exact) mass is 302 g/mol. The van der Waals surface area contributed by atoms with Crippen LogP contribution < -0.4 is 11.1 Å². The fraction of sp³-hybridized carbons (Fsp3) is 0.125. The van der Waals surface area contributed by atoms with E-state index in [1.807, 2.05) is 18.2 Å². The highest BCUT2D eigenvalue weighted by Crippen LogP contribution is 2.24. The van der Waals surface area contributed by atoms with Crippen LogP contribution in [0.1, 0.15) is 26.9 Å². The van der Waals surface area contributed by atoms with E-state index >= 15 is 0 Å². The van der Waals surface area contributed by atoms with Crippen LogP contribution in [0.2, 0.25) is 0 Å². The molecule has 21 heavy (non-hydrogen) atoms. The van der Waals surface area contributed by atoms with Crippen molar-refractivity contribution < 1.29 is 9.59 Å². The highest BCUT2D eigenvalue weighted by Gasteiger charge is 2.19. The number of carbonyl (C=O) groups excluding carboxylic acids is 2. The maximum Gasteiger partial charge on any atom is 0.249 e. The Labute approximate surface area is 127 Å². The van der Waals surface area contributed by atoms with E-state index in [1.54, 1.807) is 37.3 Å². The van der Waals surface area contributed by atoms with Crippen molar-refractivity contribution in [3.05, 3.63) is 65.2 Å². The maximum absolute atomic E-state index is 12.2. The Kier molecular flexibility index (Phi) is 4.60. The summed E-state index contributed by atoms with van der Waals surface area (Å²) in [5.41, 5.74) is 7.52. The van der Waals surface area contributed by atoms with Gasteiger partial charge in [0.25, 0.3) is 0 Å². The molecule has 0 saturated carbocycles. The summed E-state index contributed by atoms with van der Waals surface area (Å²) in [5.74, 6) is -0.887. The van der Waals surface area contributed by atoms with Gasteiger partial charge in [-0.25, -0.2) is 0 Å². The first-order valence-electron chi connectivity index (χ1n) is 6.40. The van der Waals surface area contributed by atoms with Gasteiger partial charge in [0.05, 0.1) is 0 Å². The fourth-order valence-corrected chi connectivity index (χ4v) is 2.21. The quantitative estimate of drug-likeness (QED) is 0.852. The minimum absolute atomic E-state index is 0.354. The van der Waals surface area contributed by atoms with Gasteiger partial charge in [0.1, 0.15) is 5.38 Å². The van der Waals surface area contributed by atoms with Crippen LogP contribution >= 0.6 is 11.6 Å². The average Bonchev–Trinajstić information content (AvgIpc) is 2.49. The smallest absolute Gasteiger partial charge is 0.249 e. The van der Waals surface area contributed by atoms with Crippen LogP contribution in [0.25, 0.3) is 0 Å². The zero-order valence-electron chi connectivity index (χ0n) is 11.5. The van der Waals surface area contributed by atoms with Crippen molar-refractivity contribution in [2.75, 3.05) is 5.32 Å². The van der Waals surface area contributed by atoms with Crippen LogP contribution in [0.15, 0.2) is 48.5 Å². The van der Waals surface area contributed by atoms with Crippen LogP contribution in [0.3, 0.4) is 0 Å². The topological polar surface area (TPSA) is 72.2 Å². The Bertz CT molecular complexity index is 671. The van der Waals surface area contributed by atoms with Crippen LogP contribution in [0, 0.1) is 6.92 Å². The molecule has 0 spiro atoms. The van der Waals surface area contributed by atoms with Gasteiger partial charge in [-0.3, -0.25) is 9.59 Å². The lowest BCUT2D eigenvalue weighted by Crippen LogP contribution is -2.19. The number of benzene rings is 2. The van der Waals surface area contributed by atoms with Crippen LogP contribution in [-0.2, 0) is 4.79 Å². The third kappa shape index (κ3) is 3.41. The first-order chi connectivity index (χ1) is 10.0. The van der Waals surface area contributed by atoms with Gasteiger partial charge in [0, 0.05) is 11.3 Å². The number of alkyl halides is 1. The Balaban J connectivity index is 2.21. The lowest BCUT2D eigenvalue weighted by atomic mass is 10.1. The lowest BCUT2D eigenvalue weighted by Gasteiger charge is -2.14. The van der Waals surface area contributed by atoms with E-state index in [9.17, 15) is 9.59 Å². The summed E-state index contributed by atoms with van der Waals surface area (Å²) in [5, 5.41) is 1.92. The van der Waals surface area contributed by atoms with E-state index in [1.165, 1.54) is 0 Å². The third-order valence-electron chi connectivity index (χ3n) is 3.18. The molecule has 0 aliphatic rings. The molecule has 0 aromatic heterocycles. The molecule has 2 rings (SSSR count). The summed E-state index contributed by atoms with van der Waals surface area (Å²) >= 11 is 6.16. The van der Waals surface area contributed by atoms with Gasteiger partial charge in [-0.05, 0) is 30.2 Å². The highest BCUT2D eigenvalue weighted by atomic mass is 35.5. The van der Waals surface area contributed by atoms with Crippen molar-refractivity contribution in [3.8, 4) is 0 Å². The summed E-state index contributed by atoms with van der Waals surface area (Å²) in [7, 11) is 0. The largest absolute Gasteiger partial charge is 0.366 e. The van der Waals surface area contributed by atoms with Crippen molar-refractivity contribution in [1.82, 2.24) is 0 Å². The second-order valence-corrected chi connectivity index (χ2v) is 5.04. The summed E-state index contributed by atoms with van der Waals surface area (Å²) < 4.78 is 0. The molecule has 0 aliphatic heterocycles. The molecule has 0 saturated heterocycles. The second-order valence-electron chi connectivity index (χ2n) is 4.60. The molecule has 2 aromatic carbocycles. The Morgan fingerprint density at radius 1 is 1.10 bits per heavy atom. The number of hydrogen-bond acceptors (Lipinski definition) is 2. The van der Waals surface area contributed by atoms with E-state index in [4.69, 9.17) is 17.3 Å². The number of nitrogens with one attached hydrogen (secondary N) is 1. The molecular weight excluding hydrogens is 288 g/mol. The number of primary amides is 1. The molecule has 0 fully saturated rings. The van der Waals surface area contributed by atoms with Gasteiger partial charge in [-0.15, -0.1) is 11.6 Å². The molecular formula is C16H15ClN2O2. The summed E-state index contributed by atoms with van der Waals surface area (Å²) in [6, 6.07) is 14.0. The van der Waals surface area contributed by atoms with Gasteiger partial charge >= 0.3 is 0 Å². The molecule has 0 radical (unpaired) electrons. The number of nitrogens with two attached hydrogens (primary N) is 1. The number of anilines is 1. The Hall–Kier alpha value is -2.33. The fourth-order valence-electron chi connectivity index (χ4n) is 2.01. The number of hydrogen-bond donors (Lipinski definition) is 2. The minimum Gasteiger partial charge on any atom is -0.366 e. The highest BCUT2D eigenvalue weighted by molar-refractivity contribution is 6.32. The van der Waals surface area contributed by atoms with E-state index in [2.05, 4.69) is 5.32 Å². The molecule has 3 N–H and O–H groups in total. The minimum atomic E-state index is -0.803. The number of carbonyl (C=O) groups is 2. The van der Waals surface area contributed by atoms with Gasteiger partial charge in [0.2, 0.25) is 11.8 Å². The normalized spacial score (nSPS) is 11.7. The van der Waals surface area contributed by atoms with Crippen LogP contribution in [0.4, 0.5) is 5.69 Å². The second kappa shape index (κ2) is 6.41. The first-order valence-corrected chi connectivity index (χ1v) is 6.83. The summed E-state index contributed by atoms with van der Waals surface area (Å²) in [4.78, 5) is 23.5. The number of amides is 2. The SMILES string of the molecule is Cc1c(NC(=O)C(Cl)c2ccccc2)cccc1C(N)=O.